The average Bonchev–Trinajstić information content (AvgIpc) is 3.39. The third kappa shape index (κ3) is 6.80. The topological polar surface area (TPSA) is 161 Å². The summed E-state index contributed by atoms with van der Waals surface area (Å²) in [6, 6.07) is 6.80. The molecule has 3 aromatic rings. The minimum Gasteiger partial charge on any atom is -0.444 e. The van der Waals surface area contributed by atoms with Gasteiger partial charge in [0.05, 0.1) is 28.4 Å². The first kappa shape index (κ1) is 31.9. The first-order valence-corrected chi connectivity index (χ1v) is 15.1. The highest BCUT2D eigenvalue weighted by Gasteiger charge is 2.41. The largest absolute Gasteiger partial charge is 0.444 e. The van der Waals surface area contributed by atoms with E-state index in [9.17, 15) is 22.8 Å². The van der Waals surface area contributed by atoms with E-state index in [2.05, 4.69) is 20.8 Å². The predicted octanol–water partition coefficient (Wildman–Crippen LogP) is 3.77. The summed E-state index contributed by atoms with van der Waals surface area (Å²) < 4.78 is 53.6. The Morgan fingerprint density at radius 3 is 2.40 bits per heavy atom. The Labute approximate surface area is 252 Å². The molecule has 230 valence electrons. The summed E-state index contributed by atoms with van der Waals surface area (Å²) in [6.45, 7) is 7.76. The maximum atomic E-state index is 15.6. The van der Waals surface area contributed by atoms with Gasteiger partial charge in [-0.2, -0.15) is 0 Å². The number of hydrogen-bond acceptors (Lipinski definition) is 9. The number of anilines is 1. The SMILES string of the molecule is CNC(=O)C(C)(C)c1nnc(-c2cc3c(cc2F)S(=O)(=O)C[C@H](NC(=O)OC(C)(C)C)C(=O)N3Cc2ccc(Cl)cc2)o1. The van der Waals surface area contributed by atoms with Crippen LogP contribution in [-0.2, 0) is 36.1 Å². The molecule has 0 bridgehead atoms. The van der Waals surface area contributed by atoms with E-state index in [4.69, 9.17) is 20.8 Å². The van der Waals surface area contributed by atoms with Crippen molar-refractivity contribution in [2.24, 2.45) is 0 Å². The van der Waals surface area contributed by atoms with Gasteiger partial charge in [-0.15, -0.1) is 10.2 Å². The summed E-state index contributed by atoms with van der Waals surface area (Å²) >= 11 is 6.02. The number of sulfone groups is 1. The van der Waals surface area contributed by atoms with Crippen LogP contribution in [0.15, 0.2) is 45.7 Å². The Hall–Kier alpha value is -4.04. The Bertz CT molecular complexity index is 1680. The van der Waals surface area contributed by atoms with E-state index in [-0.39, 0.29) is 29.6 Å². The van der Waals surface area contributed by atoms with Crippen molar-refractivity contribution in [3.8, 4) is 11.5 Å². The number of halogens is 2. The number of benzene rings is 2. The summed E-state index contributed by atoms with van der Waals surface area (Å²) in [5.74, 6) is -3.53. The predicted molar refractivity (Wildman–Crippen MR) is 155 cm³/mol. The zero-order chi connectivity index (χ0) is 31.9. The molecule has 4 rings (SSSR count). The van der Waals surface area contributed by atoms with Gasteiger partial charge in [0, 0.05) is 12.1 Å². The highest BCUT2D eigenvalue weighted by molar-refractivity contribution is 7.91. The number of ether oxygens (including phenoxy) is 1. The molecule has 0 aliphatic carbocycles. The van der Waals surface area contributed by atoms with Gasteiger partial charge < -0.3 is 24.7 Å². The minimum atomic E-state index is -4.35. The molecule has 1 aliphatic rings. The zero-order valence-electron chi connectivity index (χ0n) is 24.3. The lowest BCUT2D eigenvalue weighted by atomic mass is 9.92. The minimum absolute atomic E-state index is 0.112. The summed E-state index contributed by atoms with van der Waals surface area (Å²) in [6.07, 6.45) is -0.998. The van der Waals surface area contributed by atoms with Gasteiger partial charge in [-0.3, -0.25) is 9.59 Å². The molecule has 43 heavy (non-hydrogen) atoms. The number of alkyl carbamates (subject to hydrolysis) is 1. The van der Waals surface area contributed by atoms with Crippen molar-refractivity contribution in [1.82, 2.24) is 20.8 Å². The van der Waals surface area contributed by atoms with Crippen LogP contribution in [0.3, 0.4) is 0 Å². The number of hydrogen-bond donors (Lipinski definition) is 2. The molecule has 12 nitrogen and oxygen atoms in total. The number of carbonyl (C=O) groups excluding carboxylic acids is 3. The van der Waals surface area contributed by atoms with Crippen molar-refractivity contribution in [2.75, 3.05) is 17.7 Å². The summed E-state index contributed by atoms with van der Waals surface area (Å²) in [7, 11) is -2.91. The second-order valence-corrected chi connectivity index (χ2v) is 13.9. The van der Waals surface area contributed by atoms with Crippen LogP contribution in [0.5, 0.6) is 0 Å². The van der Waals surface area contributed by atoms with Crippen LogP contribution in [-0.4, -0.2) is 61.0 Å². The fourth-order valence-corrected chi connectivity index (χ4v) is 6.08. The molecule has 0 fully saturated rings. The third-order valence-corrected chi connectivity index (χ3v) is 8.58. The van der Waals surface area contributed by atoms with Crippen molar-refractivity contribution in [3.05, 3.63) is 58.7 Å². The van der Waals surface area contributed by atoms with E-state index in [1.807, 2.05) is 0 Å². The third-order valence-electron chi connectivity index (χ3n) is 6.55. The number of likely N-dealkylation sites (N-methyl/N-ethyl adjacent to an activating group) is 1. The lowest BCUT2D eigenvalue weighted by molar-refractivity contribution is -0.125. The van der Waals surface area contributed by atoms with Gasteiger partial charge in [0.15, 0.2) is 9.84 Å². The molecule has 0 radical (unpaired) electrons. The van der Waals surface area contributed by atoms with E-state index in [1.165, 1.54) is 20.9 Å². The standard InChI is InChI=1S/C28H31ClFN5O7S/c1-27(2,3)42-26(38)32-19-14-43(39,40)21-12-18(30)17(22-33-34-25(41-22)28(4,5)24(37)31-6)11-20(21)35(23(19)36)13-15-7-9-16(29)10-8-15/h7-12,19H,13-14H2,1-6H3,(H,31,37)(H,32,38)/t19-/m0/s1. The van der Waals surface area contributed by atoms with Crippen molar-refractivity contribution in [3.63, 3.8) is 0 Å². The quantitative estimate of drug-likeness (QED) is 0.411. The molecule has 15 heteroatoms. The van der Waals surface area contributed by atoms with Gasteiger partial charge in [-0.25, -0.2) is 17.6 Å². The van der Waals surface area contributed by atoms with Gasteiger partial charge >= 0.3 is 6.09 Å². The lowest BCUT2D eigenvalue weighted by Crippen LogP contribution is -2.51. The van der Waals surface area contributed by atoms with Crippen LogP contribution in [0, 0.1) is 5.82 Å². The van der Waals surface area contributed by atoms with E-state index in [1.54, 1.807) is 45.0 Å². The molecular formula is C28H31ClFN5O7S. The Kier molecular flexibility index (Phi) is 8.58. The number of carbonyl (C=O) groups is 3. The monoisotopic (exact) mass is 635 g/mol. The second-order valence-electron chi connectivity index (χ2n) is 11.4. The highest BCUT2D eigenvalue weighted by Crippen LogP contribution is 2.38. The number of aromatic nitrogens is 2. The highest BCUT2D eigenvalue weighted by atomic mass is 35.5. The molecule has 2 N–H and O–H groups in total. The number of nitrogens with zero attached hydrogens (tertiary/aromatic N) is 3. The van der Waals surface area contributed by atoms with Crippen molar-refractivity contribution >= 4 is 45.0 Å². The molecule has 0 spiro atoms. The number of amides is 3. The number of fused-ring (bicyclic) bond motifs is 1. The number of nitrogens with one attached hydrogen (secondary N) is 2. The summed E-state index contributed by atoms with van der Waals surface area (Å²) in [4.78, 5) is 39.5. The molecule has 1 atom stereocenters. The number of rotatable bonds is 6. The summed E-state index contributed by atoms with van der Waals surface area (Å²) in [5.41, 5.74) is -2.08. The smallest absolute Gasteiger partial charge is 0.408 e. The van der Waals surface area contributed by atoms with E-state index in [0.29, 0.717) is 10.6 Å². The van der Waals surface area contributed by atoms with Crippen LogP contribution in [0.2, 0.25) is 5.02 Å². The first-order valence-electron chi connectivity index (χ1n) is 13.1. The Balaban J connectivity index is 1.85. The van der Waals surface area contributed by atoms with Crippen LogP contribution < -0.4 is 15.5 Å². The fraction of sp³-hybridized carbons (Fsp3) is 0.393. The van der Waals surface area contributed by atoms with Gasteiger partial charge in [0.2, 0.25) is 11.8 Å². The maximum absolute atomic E-state index is 15.6. The Morgan fingerprint density at radius 2 is 1.79 bits per heavy atom. The van der Waals surface area contributed by atoms with Gasteiger partial charge in [0.1, 0.15) is 22.9 Å². The van der Waals surface area contributed by atoms with Crippen LogP contribution in [0.25, 0.3) is 11.5 Å². The fourth-order valence-electron chi connectivity index (χ4n) is 4.34. The van der Waals surface area contributed by atoms with Gasteiger partial charge in [0.25, 0.3) is 11.8 Å². The van der Waals surface area contributed by atoms with Crippen LogP contribution in [0.4, 0.5) is 14.9 Å². The average molecular weight is 636 g/mol. The molecule has 0 saturated heterocycles. The van der Waals surface area contributed by atoms with Gasteiger partial charge in [-0.1, -0.05) is 23.7 Å². The van der Waals surface area contributed by atoms with E-state index >= 15 is 4.39 Å². The van der Waals surface area contributed by atoms with Crippen LogP contribution in [0.1, 0.15) is 46.1 Å². The van der Waals surface area contributed by atoms with Crippen molar-refractivity contribution in [1.29, 1.82) is 0 Å². The summed E-state index contributed by atoms with van der Waals surface area (Å²) in [5, 5.41) is 13.1. The molecule has 1 aliphatic heterocycles. The first-order chi connectivity index (χ1) is 19.9. The molecule has 2 heterocycles. The Morgan fingerprint density at radius 1 is 1.14 bits per heavy atom. The lowest BCUT2D eigenvalue weighted by Gasteiger charge is -2.27. The zero-order valence-corrected chi connectivity index (χ0v) is 25.9. The van der Waals surface area contributed by atoms with Crippen molar-refractivity contribution < 1.29 is 36.3 Å². The van der Waals surface area contributed by atoms with E-state index < -0.39 is 61.3 Å². The molecule has 2 aromatic carbocycles. The molecule has 0 saturated carbocycles. The molecule has 1 aromatic heterocycles. The molecule has 3 amide bonds. The maximum Gasteiger partial charge on any atom is 0.408 e. The van der Waals surface area contributed by atoms with E-state index in [0.717, 1.165) is 17.0 Å². The van der Waals surface area contributed by atoms with Crippen molar-refractivity contribution in [2.45, 2.75) is 63.1 Å². The van der Waals surface area contributed by atoms with Crippen LogP contribution >= 0.6 is 11.6 Å². The second kappa shape index (κ2) is 11.6. The molecular weight excluding hydrogens is 605 g/mol. The molecule has 0 unspecified atom stereocenters. The normalized spacial score (nSPS) is 16.7. The van der Waals surface area contributed by atoms with Gasteiger partial charge in [-0.05, 0) is 64.4 Å².